The fourth-order valence-electron chi connectivity index (χ4n) is 3.78. The van der Waals surface area contributed by atoms with E-state index in [2.05, 4.69) is 5.32 Å². The number of carbonyl (C=O) groups excluding carboxylic acids is 1. The number of nitrogens with one attached hydrogen (secondary N) is 1. The number of amides is 1. The number of nitrogens with zero attached hydrogens (tertiary/aromatic N) is 1. The van der Waals surface area contributed by atoms with Gasteiger partial charge >= 0.3 is 0 Å². The molecule has 0 aliphatic carbocycles. The van der Waals surface area contributed by atoms with Crippen molar-refractivity contribution >= 4 is 27.3 Å². The van der Waals surface area contributed by atoms with Crippen molar-refractivity contribution in [3.8, 4) is 5.75 Å². The molecule has 1 amide bonds. The summed E-state index contributed by atoms with van der Waals surface area (Å²) in [5.41, 5.74) is 2.93. The molecule has 4 aromatic rings. The average Bonchev–Trinajstić information content (AvgIpc) is 2.92. The second-order valence-corrected chi connectivity index (χ2v) is 10.0. The van der Waals surface area contributed by atoms with E-state index in [0.717, 1.165) is 11.1 Å². The Balaban J connectivity index is 1.50. The fourth-order valence-corrected chi connectivity index (χ4v) is 5.26. The summed E-state index contributed by atoms with van der Waals surface area (Å²) in [5.74, 6) is 0.223. The first-order chi connectivity index (χ1) is 17.5. The topological polar surface area (TPSA) is 75.7 Å². The van der Waals surface area contributed by atoms with E-state index in [4.69, 9.17) is 4.74 Å². The Kier molecular flexibility index (Phi) is 8.02. The van der Waals surface area contributed by atoms with E-state index in [-0.39, 0.29) is 11.4 Å². The predicted molar refractivity (Wildman–Crippen MR) is 143 cm³/mol. The van der Waals surface area contributed by atoms with Gasteiger partial charge in [0.25, 0.3) is 10.0 Å². The molecule has 0 saturated carbocycles. The van der Waals surface area contributed by atoms with E-state index in [0.29, 0.717) is 30.2 Å². The predicted octanol–water partition coefficient (Wildman–Crippen LogP) is 5.66. The third kappa shape index (κ3) is 6.12. The lowest BCUT2D eigenvalue weighted by Gasteiger charge is -2.26. The number of benzene rings is 4. The number of hydrogen-bond acceptors (Lipinski definition) is 4. The molecule has 0 bridgehead atoms. The van der Waals surface area contributed by atoms with Crippen LogP contribution >= 0.6 is 0 Å². The highest BCUT2D eigenvalue weighted by molar-refractivity contribution is 7.92. The number of anilines is 2. The summed E-state index contributed by atoms with van der Waals surface area (Å²) in [6, 6.07) is 32.2. The van der Waals surface area contributed by atoms with Crippen molar-refractivity contribution in [3.63, 3.8) is 0 Å². The number of sulfonamides is 1. The molecule has 0 saturated heterocycles. The van der Waals surface area contributed by atoms with Gasteiger partial charge in [-0.2, -0.15) is 0 Å². The standard InChI is InChI=1S/C29H28N2O4S/c1-2-24-13-9-10-16-28(24)31(36(33,34)27-14-7-4-8-15-27)21-29(32)30-25-17-19-26(20-18-25)35-22-23-11-5-3-6-12-23/h3-20H,2,21-22H2,1H3,(H,30,32). The molecule has 0 heterocycles. The molecule has 184 valence electrons. The van der Waals surface area contributed by atoms with Crippen LogP contribution in [0, 0.1) is 0 Å². The zero-order chi connectivity index (χ0) is 25.4. The second-order valence-electron chi connectivity index (χ2n) is 8.15. The maximum Gasteiger partial charge on any atom is 0.264 e. The highest BCUT2D eigenvalue weighted by Crippen LogP contribution is 2.27. The molecule has 4 rings (SSSR count). The van der Waals surface area contributed by atoms with Crippen molar-refractivity contribution in [3.05, 3.63) is 120 Å². The summed E-state index contributed by atoms with van der Waals surface area (Å²) in [6.07, 6.45) is 0.628. The van der Waals surface area contributed by atoms with Crippen LogP contribution in [-0.4, -0.2) is 20.9 Å². The van der Waals surface area contributed by atoms with Crippen molar-refractivity contribution < 1.29 is 17.9 Å². The summed E-state index contributed by atoms with van der Waals surface area (Å²) >= 11 is 0. The van der Waals surface area contributed by atoms with Crippen LogP contribution in [0.2, 0.25) is 0 Å². The van der Waals surface area contributed by atoms with Gasteiger partial charge in [0.1, 0.15) is 18.9 Å². The monoisotopic (exact) mass is 500 g/mol. The quantitative estimate of drug-likeness (QED) is 0.305. The molecule has 36 heavy (non-hydrogen) atoms. The molecule has 0 fully saturated rings. The molecule has 0 aromatic heterocycles. The zero-order valence-corrected chi connectivity index (χ0v) is 20.8. The lowest BCUT2D eigenvalue weighted by molar-refractivity contribution is -0.114. The maximum atomic E-state index is 13.6. The first kappa shape index (κ1) is 25.0. The lowest BCUT2D eigenvalue weighted by atomic mass is 10.1. The zero-order valence-electron chi connectivity index (χ0n) is 20.0. The summed E-state index contributed by atoms with van der Waals surface area (Å²) in [7, 11) is -3.96. The smallest absolute Gasteiger partial charge is 0.264 e. The Morgan fingerprint density at radius 2 is 1.42 bits per heavy atom. The van der Waals surface area contributed by atoms with Crippen LogP contribution in [0.25, 0.3) is 0 Å². The van der Waals surface area contributed by atoms with Crippen molar-refractivity contribution in [2.24, 2.45) is 0 Å². The van der Waals surface area contributed by atoms with Crippen molar-refractivity contribution in [1.82, 2.24) is 0 Å². The fraction of sp³-hybridized carbons (Fsp3) is 0.138. The van der Waals surface area contributed by atoms with Crippen LogP contribution in [0.5, 0.6) is 5.75 Å². The molecule has 0 atom stereocenters. The molecule has 0 aliphatic rings. The number of rotatable bonds is 10. The minimum absolute atomic E-state index is 0.128. The van der Waals surface area contributed by atoms with Gasteiger partial charge in [-0.15, -0.1) is 0 Å². The summed E-state index contributed by atoms with van der Waals surface area (Å²) in [6.45, 7) is 2.03. The van der Waals surface area contributed by atoms with Crippen LogP contribution in [0.1, 0.15) is 18.1 Å². The van der Waals surface area contributed by atoms with Gasteiger partial charge in [-0.1, -0.05) is 73.7 Å². The van der Waals surface area contributed by atoms with E-state index in [1.807, 2.05) is 49.4 Å². The van der Waals surface area contributed by atoms with Gasteiger partial charge in [0, 0.05) is 5.69 Å². The molecule has 0 spiro atoms. The number of carbonyl (C=O) groups is 1. The lowest BCUT2D eigenvalue weighted by Crippen LogP contribution is -2.38. The van der Waals surface area contributed by atoms with E-state index in [1.165, 1.54) is 16.4 Å². The third-order valence-electron chi connectivity index (χ3n) is 5.65. The largest absolute Gasteiger partial charge is 0.489 e. The first-order valence-corrected chi connectivity index (χ1v) is 13.1. The summed E-state index contributed by atoms with van der Waals surface area (Å²) < 4.78 is 34.1. The minimum atomic E-state index is -3.96. The van der Waals surface area contributed by atoms with Crippen molar-refractivity contribution in [2.75, 3.05) is 16.2 Å². The molecular formula is C29H28N2O4S. The molecule has 0 radical (unpaired) electrons. The SMILES string of the molecule is CCc1ccccc1N(CC(=O)Nc1ccc(OCc2ccccc2)cc1)S(=O)(=O)c1ccccc1. The normalized spacial score (nSPS) is 11.0. The van der Waals surface area contributed by atoms with Gasteiger partial charge in [0.05, 0.1) is 10.6 Å². The number of ether oxygens (including phenoxy) is 1. The Morgan fingerprint density at radius 1 is 0.806 bits per heavy atom. The van der Waals surface area contributed by atoms with Gasteiger partial charge < -0.3 is 10.1 Å². The van der Waals surface area contributed by atoms with Gasteiger partial charge in [0.2, 0.25) is 5.91 Å². The van der Waals surface area contributed by atoms with E-state index >= 15 is 0 Å². The van der Waals surface area contributed by atoms with E-state index < -0.39 is 15.9 Å². The van der Waals surface area contributed by atoms with Crippen molar-refractivity contribution in [1.29, 1.82) is 0 Å². The molecule has 1 N–H and O–H groups in total. The van der Waals surface area contributed by atoms with E-state index in [9.17, 15) is 13.2 Å². The Bertz CT molecular complexity index is 1390. The maximum absolute atomic E-state index is 13.6. The van der Waals surface area contributed by atoms with Gasteiger partial charge in [-0.25, -0.2) is 8.42 Å². The molecular weight excluding hydrogens is 472 g/mol. The van der Waals surface area contributed by atoms with Crippen LogP contribution < -0.4 is 14.4 Å². The average molecular weight is 501 g/mol. The van der Waals surface area contributed by atoms with Crippen LogP contribution in [-0.2, 0) is 27.8 Å². The first-order valence-electron chi connectivity index (χ1n) is 11.7. The van der Waals surface area contributed by atoms with Gasteiger partial charge in [-0.3, -0.25) is 9.10 Å². The van der Waals surface area contributed by atoms with E-state index in [1.54, 1.807) is 54.6 Å². The number of para-hydroxylation sites is 1. The molecule has 7 heteroatoms. The Morgan fingerprint density at radius 3 is 2.08 bits per heavy atom. The molecule has 0 unspecified atom stereocenters. The van der Waals surface area contributed by atoms with Crippen LogP contribution in [0.3, 0.4) is 0 Å². The van der Waals surface area contributed by atoms with Crippen LogP contribution in [0.15, 0.2) is 114 Å². The van der Waals surface area contributed by atoms with Crippen molar-refractivity contribution in [2.45, 2.75) is 24.8 Å². The van der Waals surface area contributed by atoms with Gasteiger partial charge in [-0.05, 0) is 60.0 Å². The molecule has 4 aromatic carbocycles. The summed E-state index contributed by atoms with van der Waals surface area (Å²) in [4.78, 5) is 13.1. The Hall–Kier alpha value is -4.10. The van der Waals surface area contributed by atoms with Gasteiger partial charge in [0.15, 0.2) is 0 Å². The minimum Gasteiger partial charge on any atom is -0.489 e. The highest BCUT2D eigenvalue weighted by Gasteiger charge is 2.28. The number of hydrogen-bond donors (Lipinski definition) is 1. The Labute approximate surface area is 212 Å². The highest BCUT2D eigenvalue weighted by atomic mass is 32.2. The third-order valence-corrected chi connectivity index (χ3v) is 7.42. The second kappa shape index (κ2) is 11.6. The number of aryl methyl sites for hydroxylation is 1. The molecule has 0 aliphatic heterocycles. The van der Waals surface area contributed by atoms with Crippen LogP contribution in [0.4, 0.5) is 11.4 Å². The summed E-state index contributed by atoms with van der Waals surface area (Å²) in [5, 5.41) is 2.80. The molecule has 6 nitrogen and oxygen atoms in total.